The average Bonchev–Trinajstić information content (AvgIpc) is 3.17. The number of urea groups is 1. The van der Waals surface area contributed by atoms with Crippen molar-refractivity contribution in [3.8, 4) is 11.3 Å². The third-order valence-corrected chi connectivity index (χ3v) is 3.69. The highest BCUT2D eigenvalue weighted by Gasteiger charge is 2.29. The van der Waals surface area contributed by atoms with Gasteiger partial charge in [0.15, 0.2) is 5.76 Å². The Morgan fingerprint density at radius 1 is 1.32 bits per heavy atom. The molecule has 4 amide bonds. The van der Waals surface area contributed by atoms with Crippen molar-refractivity contribution >= 4 is 17.8 Å². The van der Waals surface area contributed by atoms with Crippen LogP contribution in [0.15, 0.2) is 34.9 Å². The van der Waals surface area contributed by atoms with E-state index in [0.717, 1.165) is 0 Å². The number of rotatable bonds is 6. The van der Waals surface area contributed by atoms with Crippen LogP contribution in [0.25, 0.3) is 11.3 Å². The van der Waals surface area contributed by atoms with Gasteiger partial charge in [0, 0.05) is 18.1 Å². The number of benzene rings is 1. The molecule has 2 aromatic rings. The lowest BCUT2D eigenvalue weighted by Gasteiger charge is -2.06. The van der Waals surface area contributed by atoms with Gasteiger partial charge in [0.25, 0.3) is 5.91 Å². The van der Waals surface area contributed by atoms with Crippen LogP contribution in [0.2, 0.25) is 0 Å². The molecule has 8 nitrogen and oxygen atoms in total. The van der Waals surface area contributed by atoms with Gasteiger partial charge in [0.1, 0.15) is 17.6 Å². The summed E-state index contributed by atoms with van der Waals surface area (Å²) in [6.45, 7) is 0.0868. The minimum Gasteiger partial charge on any atom is -0.359 e. The van der Waals surface area contributed by atoms with Crippen molar-refractivity contribution in [3.63, 3.8) is 0 Å². The average molecular weight is 346 g/mol. The van der Waals surface area contributed by atoms with Crippen molar-refractivity contribution in [2.45, 2.75) is 25.4 Å². The first kappa shape index (κ1) is 16.6. The lowest BCUT2D eigenvalue weighted by molar-refractivity contribution is -0.122. The molecule has 3 N–H and O–H groups in total. The van der Waals surface area contributed by atoms with Crippen LogP contribution in [0.4, 0.5) is 9.18 Å². The fourth-order valence-electron chi connectivity index (χ4n) is 2.40. The zero-order valence-corrected chi connectivity index (χ0v) is 13.0. The molecule has 25 heavy (non-hydrogen) atoms. The maximum atomic E-state index is 13.7. The minimum atomic E-state index is -0.698. The monoisotopic (exact) mass is 346 g/mol. The smallest absolute Gasteiger partial charge is 0.322 e. The maximum absolute atomic E-state index is 13.7. The number of amides is 4. The van der Waals surface area contributed by atoms with Crippen LogP contribution in [0.1, 0.15) is 18.6 Å². The summed E-state index contributed by atoms with van der Waals surface area (Å²) in [4.78, 5) is 34.1. The van der Waals surface area contributed by atoms with Gasteiger partial charge in [-0.25, -0.2) is 9.18 Å². The summed E-state index contributed by atoms with van der Waals surface area (Å²) < 4.78 is 18.8. The predicted molar refractivity (Wildman–Crippen MR) is 83.4 cm³/mol. The van der Waals surface area contributed by atoms with Gasteiger partial charge in [-0.05, 0) is 18.6 Å². The van der Waals surface area contributed by atoms with Gasteiger partial charge in [0.2, 0.25) is 5.91 Å². The van der Waals surface area contributed by atoms with Crippen molar-refractivity contribution in [1.82, 2.24) is 21.1 Å². The van der Waals surface area contributed by atoms with Crippen LogP contribution in [0.3, 0.4) is 0 Å². The summed E-state index contributed by atoms with van der Waals surface area (Å²) >= 11 is 0. The Balaban J connectivity index is 1.49. The van der Waals surface area contributed by atoms with E-state index in [2.05, 4.69) is 21.1 Å². The molecule has 1 atom stereocenters. The summed E-state index contributed by atoms with van der Waals surface area (Å²) in [5, 5.41) is 10.9. The number of hydrogen-bond acceptors (Lipinski definition) is 5. The van der Waals surface area contributed by atoms with Crippen LogP contribution in [-0.2, 0) is 16.1 Å². The van der Waals surface area contributed by atoms with Gasteiger partial charge in [0.05, 0.1) is 6.54 Å². The summed E-state index contributed by atoms with van der Waals surface area (Å²) in [5.41, 5.74) is 0.652. The molecule has 0 bridgehead atoms. The molecule has 2 heterocycles. The number of imide groups is 1. The zero-order chi connectivity index (χ0) is 17.8. The first-order valence-electron chi connectivity index (χ1n) is 7.61. The van der Waals surface area contributed by atoms with E-state index in [1.807, 2.05) is 0 Å². The number of carbonyl (C=O) groups excluding carboxylic acids is 3. The second-order valence-electron chi connectivity index (χ2n) is 5.49. The second kappa shape index (κ2) is 7.12. The number of halogens is 1. The number of nitrogens with one attached hydrogen (secondary N) is 3. The standard InChI is InChI=1S/C16H15FN4O4/c17-11-4-2-1-3-10(11)13-7-9(25-21-13)8-18-14(22)6-5-12-15(23)20-16(24)19-12/h1-4,7,12H,5-6,8H2,(H,18,22)(H2,19,20,23,24). The van der Waals surface area contributed by atoms with E-state index >= 15 is 0 Å². The van der Waals surface area contributed by atoms with E-state index in [1.165, 1.54) is 6.07 Å². The first-order valence-corrected chi connectivity index (χ1v) is 7.61. The van der Waals surface area contributed by atoms with E-state index < -0.39 is 23.8 Å². The van der Waals surface area contributed by atoms with Crippen LogP contribution in [0.5, 0.6) is 0 Å². The summed E-state index contributed by atoms with van der Waals surface area (Å²) in [6.07, 6.45) is 0.257. The minimum absolute atomic E-state index is 0.0622. The van der Waals surface area contributed by atoms with Crippen LogP contribution >= 0.6 is 0 Å². The van der Waals surface area contributed by atoms with Crippen molar-refractivity contribution in [2.75, 3.05) is 0 Å². The summed E-state index contributed by atoms with van der Waals surface area (Å²) in [7, 11) is 0. The van der Waals surface area contributed by atoms with Crippen molar-refractivity contribution in [2.24, 2.45) is 0 Å². The number of carbonyl (C=O) groups is 3. The fourth-order valence-corrected chi connectivity index (χ4v) is 2.40. The third kappa shape index (κ3) is 4.00. The molecule has 9 heteroatoms. The molecule has 0 aliphatic carbocycles. The number of aromatic nitrogens is 1. The Bertz CT molecular complexity index is 820. The highest BCUT2D eigenvalue weighted by molar-refractivity contribution is 6.04. The van der Waals surface area contributed by atoms with Gasteiger partial charge in [-0.3, -0.25) is 14.9 Å². The van der Waals surface area contributed by atoms with Crippen LogP contribution in [-0.4, -0.2) is 29.0 Å². The Morgan fingerprint density at radius 3 is 2.84 bits per heavy atom. The molecule has 1 aliphatic rings. The summed E-state index contributed by atoms with van der Waals surface area (Å²) in [6, 6.07) is 6.46. The lowest BCUT2D eigenvalue weighted by Crippen LogP contribution is -2.31. The second-order valence-corrected chi connectivity index (χ2v) is 5.49. The molecule has 1 saturated heterocycles. The molecular weight excluding hydrogens is 331 g/mol. The van der Waals surface area contributed by atoms with E-state index in [1.54, 1.807) is 24.3 Å². The normalized spacial score (nSPS) is 16.4. The quantitative estimate of drug-likeness (QED) is 0.678. The Hall–Kier alpha value is -3.23. The highest BCUT2D eigenvalue weighted by atomic mass is 19.1. The topological polar surface area (TPSA) is 113 Å². The SMILES string of the molecule is O=C(CCC1NC(=O)NC1=O)NCc1cc(-c2ccccc2F)no1. The molecule has 1 aromatic heterocycles. The van der Waals surface area contributed by atoms with Crippen molar-refractivity contribution in [3.05, 3.63) is 41.9 Å². The fraction of sp³-hybridized carbons (Fsp3) is 0.250. The van der Waals surface area contributed by atoms with E-state index in [4.69, 9.17) is 4.52 Å². The predicted octanol–water partition coefficient (Wildman–Crippen LogP) is 1.09. The Kier molecular flexibility index (Phi) is 4.73. The van der Waals surface area contributed by atoms with Crippen molar-refractivity contribution in [1.29, 1.82) is 0 Å². The molecule has 130 valence electrons. The van der Waals surface area contributed by atoms with Gasteiger partial charge in [-0.15, -0.1) is 0 Å². The van der Waals surface area contributed by atoms with Crippen LogP contribution < -0.4 is 16.0 Å². The Morgan fingerprint density at radius 2 is 2.12 bits per heavy atom. The molecular formula is C16H15FN4O4. The van der Waals surface area contributed by atoms with E-state index in [9.17, 15) is 18.8 Å². The van der Waals surface area contributed by atoms with Gasteiger partial charge in [-0.1, -0.05) is 17.3 Å². The van der Waals surface area contributed by atoms with E-state index in [-0.39, 0.29) is 25.3 Å². The highest BCUT2D eigenvalue weighted by Crippen LogP contribution is 2.21. The van der Waals surface area contributed by atoms with Crippen molar-refractivity contribution < 1.29 is 23.3 Å². The molecule has 1 aromatic carbocycles. The third-order valence-electron chi connectivity index (χ3n) is 3.69. The van der Waals surface area contributed by atoms with E-state index in [0.29, 0.717) is 17.0 Å². The number of hydrogen-bond donors (Lipinski definition) is 3. The van der Waals surface area contributed by atoms with Gasteiger partial charge in [-0.2, -0.15) is 0 Å². The van der Waals surface area contributed by atoms with Gasteiger partial charge < -0.3 is 15.2 Å². The first-order chi connectivity index (χ1) is 12.0. The largest absolute Gasteiger partial charge is 0.359 e. The lowest BCUT2D eigenvalue weighted by atomic mass is 10.1. The maximum Gasteiger partial charge on any atom is 0.322 e. The molecule has 0 spiro atoms. The molecule has 3 rings (SSSR count). The Labute approximate surface area is 141 Å². The molecule has 0 radical (unpaired) electrons. The summed E-state index contributed by atoms with van der Waals surface area (Å²) in [5.74, 6) is -0.790. The molecule has 1 fully saturated rings. The molecule has 0 saturated carbocycles. The zero-order valence-electron chi connectivity index (χ0n) is 13.0. The van der Waals surface area contributed by atoms with Crippen LogP contribution in [0, 0.1) is 5.82 Å². The van der Waals surface area contributed by atoms with Gasteiger partial charge >= 0.3 is 6.03 Å². The number of nitrogens with zero attached hydrogens (tertiary/aromatic N) is 1. The molecule has 1 unspecified atom stereocenters. The molecule has 1 aliphatic heterocycles.